The lowest BCUT2D eigenvalue weighted by atomic mass is 10.1. The van der Waals surface area contributed by atoms with Crippen molar-refractivity contribution in [3.05, 3.63) is 70.9 Å². The quantitative estimate of drug-likeness (QED) is 0.718. The number of hydrogen-bond acceptors (Lipinski definition) is 5. The Morgan fingerprint density at radius 2 is 1.77 bits per heavy atom. The van der Waals surface area contributed by atoms with Crippen LogP contribution in [-0.4, -0.2) is 10.8 Å². The minimum absolute atomic E-state index is 0.165. The molecule has 22 heavy (non-hydrogen) atoms. The minimum atomic E-state index is -0.389. The van der Waals surface area contributed by atoms with Gasteiger partial charge in [0.2, 0.25) is 5.78 Å². The summed E-state index contributed by atoms with van der Waals surface area (Å²) in [4.78, 5) is 16.9. The highest BCUT2D eigenvalue weighted by Crippen LogP contribution is 2.29. The maximum atomic E-state index is 12.9. The van der Waals surface area contributed by atoms with Crippen molar-refractivity contribution < 1.29 is 9.18 Å². The van der Waals surface area contributed by atoms with Gasteiger partial charge in [-0.2, -0.15) is 0 Å². The number of rotatable bonds is 4. The van der Waals surface area contributed by atoms with Gasteiger partial charge in [-0.05, 0) is 36.4 Å². The summed E-state index contributed by atoms with van der Waals surface area (Å²) in [6.45, 7) is 0. The Labute approximate surface area is 130 Å². The van der Waals surface area contributed by atoms with E-state index < -0.39 is 0 Å². The molecule has 110 valence electrons. The average molecular weight is 313 g/mol. The summed E-state index contributed by atoms with van der Waals surface area (Å²) in [7, 11) is 0. The Morgan fingerprint density at radius 3 is 2.45 bits per heavy atom. The third-order valence-electron chi connectivity index (χ3n) is 2.99. The Kier molecular flexibility index (Phi) is 3.84. The molecule has 0 amide bonds. The molecule has 3 N–H and O–H groups in total. The highest BCUT2D eigenvalue weighted by molar-refractivity contribution is 7.18. The fraction of sp³-hybridized carbons (Fsp3) is 0. The molecule has 0 atom stereocenters. The number of benzene rings is 2. The molecule has 0 saturated carbocycles. The smallest absolute Gasteiger partial charge is 0.206 e. The Bertz CT molecular complexity index is 800. The van der Waals surface area contributed by atoms with Gasteiger partial charge in [0.1, 0.15) is 16.5 Å². The van der Waals surface area contributed by atoms with Crippen LogP contribution in [0.2, 0.25) is 0 Å². The maximum absolute atomic E-state index is 12.9. The van der Waals surface area contributed by atoms with E-state index in [9.17, 15) is 9.18 Å². The lowest BCUT2D eigenvalue weighted by molar-refractivity contribution is 0.104. The first-order valence-corrected chi connectivity index (χ1v) is 7.34. The fourth-order valence-electron chi connectivity index (χ4n) is 1.93. The fourth-order valence-corrected chi connectivity index (χ4v) is 2.79. The van der Waals surface area contributed by atoms with Gasteiger partial charge in [0.25, 0.3) is 0 Å². The predicted molar refractivity (Wildman–Crippen MR) is 86.1 cm³/mol. The zero-order valence-electron chi connectivity index (χ0n) is 11.4. The van der Waals surface area contributed by atoms with Crippen LogP contribution in [0.25, 0.3) is 0 Å². The highest BCUT2D eigenvalue weighted by atomic mass is 32.1. The second-order valence-corrected chi connectivity index (χ2v) is 5.56. The van der Waals surface area contributed by atoms with Crippen LogP contribution in [0.15, 0.2) is 54.6 Å². The molecule has 3 rings (SSSR count). The van der Waals surface area contributed by atoms with Gasteiger partial charge >= 0.3 is 0 Å². The van der Waals surface area contributed by atoms with E-state index in [1.165, 1.54) is 35.6 Å². The summed E-state index contributed by atoms with van der Waals surface area (Å²) in [6.07, 6.45) is 0. The minimum Gasteiger partial charge on any atom is -0.382 e. The molecule has 0 aliphatic heterocycles. The van der Waals surface area contributed by atoms with Crippen LogP contribution in [0.3, 0.4) is 0 Å². The van der Waals surface area contributed by atoms with Crippen LogP contribution in [0.5, 0.6) is 0 Å². The number of para-hydroxylation sites is 1. The number of nitrogens with two attached hydrogens (primary N) is 1. The van der Waals surface area contributed by atoms with E-state index in [1.807, 2.05) is 30.3 Å². The predicted octanol–water partition coefficient (Wildman–Crippen LogP) is 3.84. The number of anilines is 3. The molecule has 0 saturated heterocycles. The first kappa shape index (κ1) is 14.2. The van der Waals surface area contributed by atoms with Crippen LogP contribution >= 0.6 is 11.3 Å². The van der Waals surface area contributed by atoms with Crippen molar-refractivity contribution in [2.75, 3.05) is 11.1 Å². The van der Waals surface area contributed by atoms with Crippen molar-refractivity contribution in [2.24, 2.45) is 0 Å². The zero-order chi connectivity index (χ0) is 15.5. The van der Waals surface area contributed by atoms with E-state index in [0.29, 0.717) is 15.6 Å². The van der Waals surface area contributed by atoms with Gasteiger partial charge in [-0.3, -0.25) is 4.79 Å². The summed E-state index contributed by atoms with van der Waals surface area (Å²) in [5.41, 5.74) is 7.06. The van der Waals surface area contributed by atoms with Crippen LogP contribution in [-0.2, 0) is 0 Å². The van der Waals surface area contributed by atoms with Crippen molar-refractivity contribution in [2.45, 2.75) is 0 Å². The van der Waals surface area contributed by atoms with Crippen molar-refractivity contribution in [3.63, 3.8) is 0 Å². The first-order chi connectivity index (χ1) is 10.6. The number of nitrogens with one attached hydrogen (secondary N) is 1. The molecule has 3 aromatic rings. The first-order valence-electron chi connectivity index (χ1n) is 6.52. The topological polar surface area (TPSA) is 68.0 Å². The number of carbonyl (C=O) groups excluding carboxylic acids is 1. The Balaban J connectivity index is 1.86. The number of halogens is 1. The number of carbonyl (C=O) groups is 1. The lowest BCUT2D eigenvalue weighted by Crippen LogP contribution is -2.02. The number of thiazole rings is 1. The van der Waals surface area contributed by atoms with E-state index in [2.05, 4.69) is 10.3 Å². The summed E-state index contributed by atoms with van der Waals surface area (Å²) in [6, 6.07) is 14.8. The van der Waals surface area contributed by atoms with Gasteiger partial charge in [0, 0.05) is 11.3 Å². The van der Waals surface area contributed by atoms with Crippen molar-refractivity contribution >= 4 is 33.8 Å². The van der Waals surface area contributed by atoms with Crippen LogP contribution in [0.4, 0.5) is 21.0 Å². The van der Waals surface area contributed by atoms with Gasteiger partial charge < -0.3 is 11.1 Å². The Hall–Kier alpha value is -2.73. The van der Waals surface area contributed by atoms with Gasteiger partial charge in [0.15, 0.2) is 5.13 Å². The molecular formula is C16H12FN3OS. The highest BCUT2D eigenvalue weighted by Gasteiger charge is 2.18. The van der Waals surface area contributed by atoms with Gasteiger partial charge in [0.05, 0.1) is 0 Å². The normalized spacial score (nSPS) is 10.4. The number of nitrogen functional groups attached to an aromatic ring is 1. The molecule has 0 fully saturated rings. The monoisotopic (exact) mass is 313 g/mol. The third-order valence-corrected chi connectivity index (χ3v) is 3.98. The van der Waals surface area contributed by atoms with E-state index in [0.717, 1.165) is 5.69 Å². The SMILES string of the molecule is Nc1nc(Nc2ccccc2)sc1C(=O)c1ccc(F)cc1. The van der Waals surface area contributed by atoms with Crippen molar-refractivity contribution in [1.29, 1.82) is 0 Å². The Morgan fingerprint density at radius 1 is 1.09 bits per heavy atom. The molecule has 0 aliphatic carbocycles. The van der Waals surface area contributed by atoms with Crippen LogP contribution < -0.4 is 11.1 Å². The van der Waals surface area contributed by atoms with E-state index in [4.69, 9.17) is 5.73 Å². The number of nitrogens with zero attached hydrogens (tertiary/aromatic N) is 1. The molecule has 0 spiro atoms. The third kappa shape index (κ3) is 2.96. The van der Waals surface area contributed by atoms with Crippen molar-refractivity contribution in [1.82, 2.24) is 4.98 Å². The van der Waals surface area contributed by atoms with Gasteiger partial charge in [-0.1, -0.05) is 29.5 Å². The number of ketones is 1. The molecule has 4 nitrogen and oxygen atoms in total. The molecule has 0 radical (unpaired) electrons. The number of hydrogen-bond donors (Lipinski definition) is 2. The summed E-state index contributed by atoms with van der Waals surface area (Å²) in [5.74, 6) is -0.492. The van der Waals surface area contributed by atoms with E-state index in [-0.39, 0.29) is 17.4 Å². The van der Waals surface area contributed by atoms with Gasteiger partial charge in [-0.25, -0.2) is 9.37 Å². The lowest BCUT2D eigenvalue weighted by Gasteiger charge is -2.00. The molecule has 0 aliphatic rings. The molecule has 2 aromatic carbocycles. The summed E-state index contributed by atoms with van der Waals surface area (Å²) >= 11 is 1.17. The standard InChI is InChI=1S/C16H12FN3OS/c17-11-8-6-10(7-9-11)13(21)14-15(18)20-16(22-14)19-12-4-2-1-3-5-12/h1-9H,18H2,(H,19,20). The van der Waals surface area contributed by atoms with Gasteiger partial charge in [-0.15, -0.1) is 0 Å². The summed E-state index contributed by atoms with van der Waals surface area (Å²) < 4.78 is 12.9. The van der Waals surface area contributed by atoms with Crippen molar-refractivity contribution in [3.8, 4) is 0 Å². The molecule has 0 unspecified atom stereocenters. The maximum Gasteiger partial charge on any atom is 0.206 e. The summed E-state index contributed by atoms with van der Waals surface area (Å²) in [5, 5.41) is 3.63. The average Bonchev–Trinajstić information content (AvgIpc) is 2.89. The second kappa shape index (κ2) is 5.95. The van der Waals surface area contributed by atoms with E-state index in [1.54, 1.807) is 0 Å². The van der Waals surface area contributed by atoms with Crippen LogP contribution in [0.1, 0.15) is 15.2 Å². The number of aromatic nitrogens is 1. The molecule has 6 heteroatoms. The zero-order valence-corrected chi connectivity index (χ0v) is 12.2. The van der Waals surface area contributed by atoms with E-state index >= 15 is 0 Å². The second-order valence-electron chi connectivity index (χ2n) is 4.56. The molecule has 1 heterocycles. The molecule has 1 aromatic heterocycles. The van der Waals surface area contributed by atoms with Crippen LogP contribution in [0, 0.1) is 5.82 Å². The molecule has 0 bridgehead atoms. The largest absolute Gasteiger partial charge is 0.382 e. The molecular weight excluding hydrogens is 301 g/mol.